The van der Waals surface area contributed by atoms with Gasteiger partial charge in [-0.25, -0.2) is 0 Å². The summed E-state index contributed by atoms with van der Waals surface area (Å²) < 4.78 is 0. The minimum Gasteiger partial charge on any atom is -0.384 e. The highest BCUT2D eigenvalue weighted by Crippen LogP contribution is 2.65. The fraction of sp³-hybridized carbons (Fsp3) is 0.667. The van der Waals surface area contributed by atoms with E-state index in [2.05, 4.69) is 34.9 Å². The summed E-state index contributed by atoms with van der Waals surface area (Å²) in [4.78, 5) is 0. The van der Waals surface area contributed by atoms with Crippen LogP contribution in [0.5, 0.6) is 0 Å². The van der Waals surface area contributed by atoms with Crippen molar-refractivity contribution in [3.05, 3.63) is 29.8 Å². The van der Waals surface area contributed by atoms with Crippen LogP contribution in [0.25, 0.3) is 0 Å². The highest BCUT2D eigenvalue weighted by molar-refractivity contribution is 5.57. The maximum absolute atomic E-state index is 3.89. The Hall–Kier alpha value is -1.02. The van der Waals surface area contributed by atoms with Crippen molar-refractivity contribution in [3.8, 4) is 0 Å². The predicted molar refractivity (Wildman–Crippen MR) is 81.9 cm³/mol. The van der Waals surface area contributed by atoms with E-state index in [0.717, 1.165) is 36.3 Å². The van der Waals surface area contributed by atoms with Crippen LogP contribution in [-0.4, -0.2) is 19.1 Å². The lowest BCUT2D eigenvalue weighted by Crippen LogP contribution is -2.25. The van der Waals surface area contributed by atoms with Crippen LogP contribution in [0.4, 0.5) is 5.69 Å². The van der Waals surface area contributed by atoms with Crippen molar-refractivity contribution in [3.63, 3.8) is 0 Å². The molecule has 106 valence electrons. The summed E-state index contributed by atoms with van der Waals surface area (Å²) in [5.74, 6) is 5.05. The molecular formula is C18H24N2. The zero-order valence-electron chi connectivity index (χ0n) is 12.0. The number of rotatable bonds is 4. The van der Waals surface area contributed by atoms with Crippen LogP contribution in [-0.2, 0) is 0 Å². The molecule has 2 N–H and O–H groups in total. The maximum Gasteiger partial charge on any atom is 0.0376 e. The van der Waals surface area contributed by atoms with E-state index in [0.29, 0.717) is 5.92 Å². The van der Waals surface area contributed by atoms with E-state index in [1.807, 2.05) is 0 Å². The van der Waals surface area contributed by atoms with Gasteiger partial charge in [-0.15, -0.1) is 0 Å². The van der Waals surface area contributed by atoms with Gasteiger partial charge in [0.25, 0.3) is 0 Å². The van der Waals surface area contributed by atoms with Crippen LogP contribution >= 0.6 is 0 Å². The largest absolute Gasteiger partial charge is 0.384 e. The van der Waals surface area contributed by atoms with Crippen molar-refractivity contribution in [2.24, 2.45) is 23.7 Å². The second kappa shape index (κ2) is 4.24. The maximum atomic E-state index is 3.89. The minimum atomic E-state index is 0.717. The molecule has 0 aromatic heterocycles. The standard InChI is InChI=1S/C18H24N2/c1-2-4-15-14(3-1)13(10-20-15)7-8-19-18-16-11-5-6-12(9-11)17(16)18/h1-4,11-13,16-20H,5-10H2. The molecular weight excluding hydrogens is 244 g/mol. The van der Waals surface area contributed by atoms with Gasteiger partial charge in [0.1, 0.15) is 0 Å². The third kappa shape index (κ3) is 1.60. The zero-order chi connectivity index (χ0) is 13.1. The molecule has 3 saturated carbocycles. The van der Waals surface area contributed by atoms with Crippen LogP contribution in [0.2, 0.25) is 0 Å². The fourth-order valence-electron chi connectivity index (χ4n) is 5.64. The van der Waals surface area contributed by atoms with Gasteiger partial charge in [-0.05, 0) is 67.5 Å². The molecule has 1 aromatic rings. The van der Waals surface area contributed by atoms with Gasteiger partial charge in [0.05, 0.1) is 0 Å². The first kappa shape index (κ1) is 11.6. The molecule has 0 spiro atoms. The van der Waals surface area contributed by atoms with Gasteiger partial charge in [0.2, 0.25) is 0 Å². The second-order valence-corrected chi connectivity index (χ2v) is 7.42. The van der Waals surface area contributed by atoms with E-state index in [1.54, 1.807) is 6.42 Å². The highest BCUT2D eigenvalue weighted by Gasteiger charge is 2.64. The Bertz CT molecular complexity index is 510. The second-order valence-electron chi connectivity index (χ2n) is 7.42. The third-order valence-corrected chi connectivity index (χ3v) is 6.55. The van der Waals surface area contributed by atoms with Gasteiger partial charge < -0.3 is 10.6 Å². The SMILES string of the molecule is c1ccc2c(c1)NCC2CCNC1C2C3CCC(C3)C12. The lowest BCUT2D eigenvalue weighted by molar-refractivity contribution is 0.454. The smallest absolute Gasteiger partial charge is 0.0376 e. The summed E-state index contributed by atoms with van der Waals surface area (Å²) in [5, 5.41) is 7.43. The van der Waals surface area contributed by atoms with Gasteiger partial charge in [-0.2, -0.15) is 0 Å². The van der Waals surface area contributed by atoms with E-state index in [-0.39, 0.29) is 0 Å². The Morgan fingerprint density at radius 2 is 1.90 bits per heavy atom. The highest BCUT2D eigenvalue weighted by atomic mass is 15.0. The van der Waals surface area contributed by atoms with Crippen molar-refractivity contribution in [1.82, 2.24) is 5.32 Å². The average molecular weight is 268 g/mol. The summed E-state index contributed by atoms with van der Waals surface area (Å²) in [7, 11) is 0. The molecule has 20 heavy (non-hydrogen) atoms. The molecule has 1 aromatic carbocycles. The Morgan fingerprint density at radius 3 is 2.75 bits per heavy atom. The first-order valence-electron chi connectivity index (χ1n) is 8.48. The van der Waals surface area contributed by atoms with E-state index in [4.69, 9.17) is 0 Å². The van der Waals surface area contributed by atoms with Gasteiger partial charge >= 0.3 is 0 Å². The van der Waals surface area contributed by atoms with Crippen molar-refractivity contribution >= 4 is 5.69 Å². The number of hydrogen-bond acceptors (Lipinski definition) is 2. The lowest BCUT2D eigenvalue weighted by atomic mass is 9.98. The topological polar surface area (TPSA) is 24.1 Å². The Morgan fingerprint density at radius 1 is 1.10 bits per heavy atom. The molecule has 5 unspecified atom stereocenters. The monoisotopic (exact) mass is 268 g/mol. The Kier molecular flexibility index (Phi) is 2.46. The zero-order valence-corrected chi connectivity index (χ0v) is 12.0. The molecule has 2 nitrogen and oxygen atoms in total. The van der Waals surface area contributed by atoms with Crippen molar-refractivity contribution in [2.45, 2.75) is 37.6 Å². The van der Waals surface area contributed by atoms with E-state index in [9.17, 15) is 0 Å². The molecule has 4 aliphatic rings. The number of anilines is 1. The Balaban J connectivity index is 1.16. The Labute approximate surface area is 121 Å². The summed E-state index contributed by atoms with van der Waals surface area (Å²) in [5.41, 5.74) is 2.89. The first-order valence-corrected chi connectivity index (χ1v) is 8.48. The third-order valence-electron chi connectivity index (χ3n) is 6.55. The number of nitrogens with one attached hydrogen (secondary N) is 2. The van der Waals surface area contributed by atoms with Gasteiger partial charge in [0.15, 0.2) is 0 Å². The molecule has 5 atom stereocenters. The molecule has 1 heterocycles. The normalized spacial score (nSPS) is 43.2. The molecule has 0 saturated heterocycles. The molecule has 0 radical (unpaired) electrons. The van der Waals surface area contributed by atoms with Crippen LogP contribution < -0.4 is 10.6 Å². The van der Waals surface area contributed by atoms with Crippen LogP contribution in [0.3, 0.4) is 0 Å². The molecule has 2 bridgehead atoms. The number of benzene rings is 1. The molecule has 3 aliphatic carbocycles. The molecule has 1 aliphatic heterocycles. The van der Waals surface area contributed by atoms with Gasteiger partial charge in [-0.3, -0.25) is 0 Å². The van der Waals surface area contributed by atoms with Crippen molar-refractivity contribution in [1.29, 1.82) is 0 Å². The average Bonchev–Trinajstić information content (AvgIpc) is 2.87. The first-order chi connectivity index (χ1) is 9.92. The summed E-state index contributed by atoms with van der Waals surface area (Å²) in [6.07, 6.45) is 5.91. The molecule has 5 rings (SSSR count). The summed E-state index contributed by atoms with van der Waals surface area (Å²) in [6.45, 7) is 2.33. The van der Waals surface area contributed by atoms with Crippen molar-refractivity contribution in [2.75, 3.05) is 18.4 Å². The number of para-hydroxylation sites is 1. The molecule has 2 heteroatoms. The molecule has 0 amide bonds. The minimum absolute atomic E-state index is 0.717. The molecule has 3 fully saturated rings. The summed E-state index contributed by atoms with van der Waals surface area (Å²) in [6, 6.07) is 9.71. The number of fused-ring (bicyclic) bond motifs is 6. The fourth-order valence-corrected chi connectivity index (χ4v) is 5.64. The van der Waals surface area contributed by atoms with Crippen LogP contribution in [0, 0.1) is 23.7 Å². The summed E-state index contributed by atoms with van der Waals surface area (Å²) >= 11 is 0. The van der Waals surface area contributed by atoms with Gasteiger partial charge in [-0.1, -0.05) is 18.2 Å². The van der Waals surface area contributed by atoms with Crippen molar-refractivity contribution < 1.29 is 0 Å². The van der Waals surface area contributed by atoms with E-state index in [1.165, 1.54) is 37.1 Å². The number of hydrogen-bond donors (Lipinski definition) is 2. The van der Waals surface area contributed by atoms with Gasteiger partial charge in [0, 0.05) is 24.2 Å². The quantitative estimate of drug-likeness (QED) is 0.876. The van der Waals surface area contributed by atoms with E-state index >= 15 is 0 Å². The lowest BCUT2D eigenvalue weighted by Gasteiger charge is -2.13. The predicted octanol–water partition coefficient (Wildman–Crippen LogP) is 3.22. The van der Waals surface area contributed by atoms with E-state index < -0.39 is 0 Å². The van der Waals surface area contributed by atoms with Crippen LogP contribution in [0.15, 0.2) is 24.3 Å². The van der Waals surface area contributed by atoms with Crippen LogP contribution in [0.1, 0.15) is 37.2 Å².